The van der Waals surface area contributed by atoms with Crippen LogP contribution in [0.15, 0.2) is 4.99 Å². The van der Waals surface area contributed by atoms with Gasteiger partial charge in [0, 0.05) is 26.7 Å². The summed E-state index contributed by atoms with van der Waals surface area (Å²) in [7, 11) is -1.36. The Hall–Kier alpha value is -0.820. The average Bonchev–Trinajstić information content (AvgIpc) is 2.52. The van der Waals surface area contributed by atoms with Crippen molar-refractivity contribution in [2.45, 2.75) is 56.8 Å². The fraction of sp³-hybridized carbons (Fsp3) is 0.938. The molecule has 2 fully saturated rings. The molecule has 0 spiro atoms. The largest absolute Gasteiger partial charge is 0.391 e. The molecule has 2 rings (SSSR count). The van der Waals surface area contributed by atoms with Crippen LogP contribution in [0.3, 0.4) is 0 Å². The summed E-state index contributed by atoms with van der Waals surface area (Å²) in [5.41, 5.74) is 0. The van der Waals surface area contributed by atoms with Crippen molar-refractivity contribution in [3.05, 3.63) is 0 Å². The summed E-state index contributed by atoms with van der Waals surface area (Å²) in [5, 5.41) is 13.6. The van der Waals surface area contributed by atoms with E-state index in [0.717, 1.165) is 12.8 Å². The van der Waals surface area contributed by atoms with Gasteiger partial charge in [-0.25, -0.2) is 8.42 Å². The summed E-state index contributed by atoms with van der Waals surface area (Å²) in [5.74, 6) is 1.20. The molecule has 0 radical (unpaired) electrons. The standard InChI is InChI=1S/C16H31N3O3S/c1-16(2)12-19(9-10-23(16,21)22)15(17-3)18-11-14(20)13-7-5-4-6-8-13/h13-14,20H,4-12H2,1-3H3,(H,17,18). The number of aliphatic hydroxyl groups is 1. The highest BCUT2D eigenvalue weighted by atomic mass is 32.2. The van der Waals surface area contributed by atoms with E-state index in [-0.39, 0.29) is 11.9 Å². The van der Waals surface area contributed by atoms with Gasteiger partial charge in [0.15, 0.2) is 15.8 Å². The van der Waals surface area contributed by atoms with Crippen molar-refractivity contribution in [3.8, 4) is 0 Å². The van der Waals surface area contributed by atoms with Crippen molar-refractivity contribution in [1.29, 1.82) is 0 Å². The van der Waals surface area contributed by atoms with Crippen LogP contribution < -0.4 is 5.32 Å². The van der Waals surface area contributed by atoms with Gasteiger partial charge in [-0.2, -0.15) is 0 Å². The van der Waals surface area contributed by atoms with Crippen LogP contribution in [0.1, 0.15) is 46.0 Å². The second-order valence-electron chi connectivity index (χ2n) is 7.39. The number of rotatable bonds is 3. The van der Waals surface area contributed by atoms with E-state index in [9.17, 15) is 13.5 Å². The Balaban J connectivity index is 1.91. The van der Waals surface area contributed by atoms with Crippen LogP contribution in [0.25, 0.3) is 0 Å². The van der Waals surface area contributed by atoms with Gasteiger partial charge in [0.25, 0.3) is 0 Å². The highest BCUT2D eigenvalue weighted by Gasteiger charge is 2.41. The maximum atomic E-state index is 12.1. The van der Waals surface area contributed by atoms with E-state index in [1.165, 1.54) is 19.3 Å². The van der Waals surface area contributed by atoms with Gasteiger partial charge in [-0.1, -0.05) is 19.3 Å². The molecule has 0 aromatic rings. The second kappa shape index (κ2) is 7.38. The van der Waals surface area contributed by atoms with Gasteiger partial charge in [-0.3, -0.25) is 4.99 Å². The summed E-state index contributed by atoms with van der Waals surface area (Å²) >= 11 is 0. The van der Waals surface area contributed by atoms with E-state index >= 15 is 0 Å². The Kier molecular flexibility index (Phi) is 5.94. The van der Waals surface area contributed by atoms with Crippen LogP contribution in [0.2, 0.25) is 0 Å². The fourth-order valence-corrected chi connectivity index (χ4v) is 4.90. The lowest BCUT2D eigenvalue weighted by molar-refractivity contribution is 0.0873. The minimum atomic E-state index is -3.06. The van der Waals surface area contributed by atoms with Crippen molar-refractivity contribution in [1.82, 2.24) is 10.2 Å². The van der Waals surface area contributed by atoms with E-state index in [2.05, 4.69) is 10.3 Å². The Labute approximate surface area is 140 Å². The zero-order valence-corrected chi connectivity index (χ0v) is 15.4. The molecule has 7 heteroatoms. The number of aliphatic hydroxyl groups excluding tert-OH is 1. The molecule has 1 aliphatic carbocycles. The normalized spacial score (nSPS) is 26.8. The third kappa shape index (κ3) is 4.38. The zero-order chi connectivity index (χ0) is 17.1. The summed E-state index contributed by atoms with van der Waals surface area (Å²) in [6.45, 7) is 4.87. The van der Waals surface area contributed by atoms with Crippen LogP contribution in [-0.2, 0) is 9.84 Å². The first-order chi connectivity index (χ1) is 10.8. The third-order valence-corrected chi connectivity index (χ3v) is 7.75. The minimum Gasteiger partial charge on any atom is -0.391 e. The second-order valence-corrected chi connectivity index (χ2v) is 10.1. The van der Waals surface area contributed by atoms with Gasteiger partial charge in [0.2, 0.25) is 0 Å². The molecule has 0 aromatic carbocycles. The molecule has 1 atom stereocenters. The van der Waals surface area contributed by atoms with Crippen molar-refractivity contribution in [3.63, 3.8) is 0 Å². The summed E-state index contributed by atoms with van der Waals surface area (Å²) < 4.78 is 23.4. The van der Waals surface area contributed by atoms with Gasteiger partial charge in [-0.15, -0.1) is 0 Å². The van der Waals surface area contributed by atoms with E-state index in [0.29, 0.717) is 31.5 Å². The number of hydrogen-bond acceptors (Lipinski definition) is 4. The van der Waals surface area contributed by atoms with E-state index < -0.39 is 14.6 Å². The van der Waals surface area contributed by atoms with Gasteiger partial charge < -0.3 is 15.3 Å². The quantitative estimate of drug-likeness (QED) is 0.589. The van der Waals surface area contributed by atoms with Crippen molar-refractivity contribution in [2.75, 3.05) is 32.4 Å². The molecule has 2 N–H and O–H groups in total. The fourth-order valence-electron chi connectivity index (χ4n) is 3.54. The molecule has 1 saturated heterocycles. The Morgan fingerprint density at radius 1 is 1.35 bits per heavy atom. The first-order valence-corrected chi connectivity index (χ1v) is 10.3. The molecule has 23 heavy (non-hydrogen) atoms. The predicted molar refractivity (Wildman–Crippen MR) is 93.4 cm³/mol. The molecule has 0 aromatic heterocycles. The Bertz CT molecular complexity index is 525. The lowest BCUT2D eigenvalue weighted by Gasteiger charge is -2.39. The van der Waals surface area contributed by atoms with E-state index in [1.54, 1.807) is 20.9 Å². The number of aliphatic imine (C=N–C) groups is 1. The van der Waals surface area contributed by atoms with Gasteiger partial charge in [-0.05, 0) is 32.6 Å². The van der Waals surface area contributed by atoms with Gasteiger partial charge in [0.05, 0.1) is 16.6 Å². The SMILES string of the molecule is CN=C(NCC(O)C1CCCCC1)N1CCS(=O)(=O)C(C)(C)C1. The highest BCUT2D eigenvalue weighted by molar-refractivity contribution is 7.92. The van der Waals surface area contributed by atoms with E-state index in [4.69, 9.17) is 0 Å². The van der Waals surface area contributed by atoms with Crippen LogP contribution in [-0.4, -0.2) is 67.7 Å². The number of sulfone groups is 1. The maximum Gasteiger partial charge on any atom is 0.193 e. The lowest BCUT2D eigenvalue weighted by Crippen LogP contribution is -2.58. The summed E-state index contributed by atoms with van der Waals surface area (Å²) in [6, 6.07) is 0. The molecule has 2 aliphatic rings. The van der Waals surface area contributed by atoms with Crippen molar-refractivity contribution >= 4 is 15.8 Å². The van der Waals surface area contributed by atoms with Crippen LogP contribution in [0.4, 0.5) is 0 Å². The Morgan fingerprint density at radius 3 is 2.57 bits per heavy atom. The topological polar surface area (TPSA) is 82.0 Å². The van der Waals surface area contributed by atoms with E-state index in [1.807, 2.05) is 4.90 Å². The molecule has 0 bridgehead atoms. The minimum absolute atomic E-state index is 0.145. The number of nitrogens with zero attached hydrogens (tertiary/aromatic N) is 2. The third-order valence-electron chi connectivity index (χ3n) is 5.22. The molecule has 0 amide bonds. The molecule has 1 saturated carbocycles. The average molecular weight is 346 g/mol. The number of guanidine groups is 1. The van der Waals surface area contributed by atoms with Crippen LogP contribution >= 0.6 is 0 Å². The highest BCUT2D eigenvalue weighted by Crippen LogP contribution is 2.26. The van der Waals surface area contributed by atoms with Gasteiger partial charge in [0.1, 0.15) is 0 Å². The smallest absolute Gasteiger partial charge is 0.193 e. The maximum absolute atomic E-state index is 12.1. The Morgan fingerprint density at radius 2 is 2.00 bits per heavy atom. The molecule has 6 nitrogen and oxygen atoms in total. The van der Waals surface area contributed by atoms with Crippen molar-refractivity contribution < 1.29 is 13.5 Å². The molecule has 1 unspecified atom stereocenters. The van der Waals surface area contributed by atoms with Crippen LogP contribution in [0, 0.1) is 5.92 Å². The monoisotopic (exact) mass is 345 g/mol. The lowest BCUT2D eigenvalue weighted by atomic mass is 9.85. The number of nitrogens with one attached hydrogen (secondary N) is 1. The van der Waals surface area contributed by atoms with Crippen LogP contribution in [0.5, 0.6) is 0 Å². The molecule has 1 heterocycles. The molecular weight excluding hydrogens is 314 g/mol. The molecule has 134 valence electrons. The molecule has 1 aliphatic heterocycles. The van der Waals surface area contributed by atoms with Crippen molar-refractivity contribution in [2.24, 2.45) is 10.9 Å². The molecular formula is C16H31N3O3S. The zero-order valence-electron chi connectivity index (χ0n) is 14.6. The summed E-state index contributed by atoms with van der Waals surface area (Å²) in [6.07, 6.45) is 5.50. The summed E-state index contributed by atoms with van der Waals surface area (Å²) in [4.78, 5) is 6.25. The predicted octanol–water partition coefficient (Wildman–Crippen LogP) is 1.01. The first kappa shape index (κ1) is 18.5. The van der Waals surface area contributed by atoms with Gasteiger partial charge >= 0.3 is 0 Å². The first-order valence-electron chi connectivity index (χ1n) is 8.63. The number of hydrogen-bond donors (Lipinski definition) is 2.